The first-order chi connectivity index (χ1) is 15.0. The summed E-state index contributed by atoms with van der Waals surface area (Å²) < 4.78 is 26.0. The maximum absolute atomic E-state index is 13.1. The summed E-state index contributed by atoms with van der Waals surface area (Å²) in [7, 11) is -1.95. The van der Waals surface area contributed by atoms with Crippen molar-refractivity contribution in [2.24, 2.45) is 0 Å². The average molecular weight is 460 g/mol. The predicted molar refractivity (Wildman–Crippen MR) is 128 cm³/mol. The first-order valence-electron chi connectivity index (χ1n) is 10.6. The van der Waals surface area contributed by atoms with Crippen LogP contribution in [0.15, 0.2) is 48.5 Å². The molecule has 8 heteroatoms. The number of nitrogens with one attached hydrogen (secondary N) is 1. The molecule has 0 bridgehead atoms. The molecule has 32 heavy (non-hydrogen) atoms. The molecule has 0 aliphatic carbocycles. The number of nitrogens with zero attached hydrogens (tertiary/aromatic N) is 2. The number of likely N-dealkylation sites (N-methyl/N-ethyl adjacent to an activating group) is 1. The maximum atomic E-state index is 13.1. The van der Waals surface area contributed by atoms with Gasteiger partial charge in [0.1, 0.15) is 6.04 Å². The summed E-state index contributed by atoms with van der Waals surface area (Å²) in [5.74, 6) is -0.438. The van der Waals surface area contributed by atoms with Crippen LogP contribution in [0, 0.1) is 13.8 Å². The monoisotopic (exact) mass is 459 g/mol. The first-order valence-corrected chi connectivity index (χ1v) is 12.5. The molecule has 0 aliphatic rings. The minimum Gasteiger partial charge on any atom is -0.357 e. The molecule has 2 rings (SSSR count). The van der Waals surface area contributed by atoms with Crippen LogP contribution in [0.3, 0.4) is 0 Å². The molecule has 2 amide bonds. The van der Waals surface area contributed by atoms with E-state index >= 15 is 0 Å². The third-order valence-corrected chi connectivity index (χ3v) is 6.65. The zero-order chi connectivity index (χ0) is 23.9. The second-order valence-electron chi connectivity index (χ2n) is 8.02. The summed E-state index contributed by atoms with van der Waals surface area (Å²) in [6, 6.07) is 14.4. The standard InChI is InChI=1S/C24H33N3O4S/c1-18-10-8-13-22(16-18)27(32(5,30)31)15-9-14-23(28)26(20(3)24(29)25-4)17-21-12-7-6-11-19(21)2/h6-8,10-13,16,20H,9,14-15,17H2,1-5H3,(H,25,29). The Hall–Kier alpha value is -2.87. The van der Waals surface area contributed by atoms with E-state index in [0.717, 1.165) is 22.9 Å². The van der Waals surface area contributed by atoms with E-state index < -0.39 is 16.1 Å². The minimum absolute atomic E-state index is 0.130. The molecule has 2 aromatic rings. The van der Waals surface area contributed by atoms with E-state index in [4.69, 9.17) is 0 Å². The molecule has 0 saturated carbocycles. The fourth-order valence-electron chi connectivity index (χ4n) is 3.55. The van der Waals surface area contributed by atoms with Gasteiger partial charge in [-0.1, -0.05) is 36.4 Å². The number of aryl methyl sites for hydroxylation is 2. The number of benzene rings is 2. The molecular weight excluding hydrogens is 426 g/mol. The lowest BCUT2D eigenvalue weighted by molar-refractivity contribution is -0.140. The van der Waals surface area contributed by atoms with Gasteiger partial charge >= 0.3 is 0 Å². The number of hydrogen-bond acceptors (Lipinski definition) is 4. The molecule has 0 heterocycles. The smallest absolute Gasteiger partial charge is 0.242 e. The SMILES string of the molecule is CNC(=O)C(C)N(Cc1ccccc1C)C(=O)CCCN(c1cccc(C)c1)S(C)(=O)=O. The van der Waals surface area contributed by atoms with Gasteiger partial charge in [0, 0.05) is 26.6 Å². The van der Waals surface area contributed by atoms with E-state index in [-0.39, 0.29) is 24.8 Å². The quantitative estimate of drug-likeness (QED) is 0.592. The number of amides is 2. The highest BCUT2D eigenvalue weighted by molar-refractivity contribution is 7.92. The zero-order valence-electron chi connectivity index (χ0n) is 19.5. The maximum Gasteiger partial charge on any atom is 0.242 e. The number of hydrogen-bond donors (Lipinski definition) is 1. The lowest BCUT2D eigenvalue weighted by Gasteiger charge is -2.29. The zero-order valence-corrected chi connectivity index (χ0v) is 20.3. The van der Waals surface area contributed by atoms with E-state index in [1.54, 1.807) is 31.0 Å². The molecule has 2 aromatic carbocycles. The Kier molecular flexibility index (Phi) is 8.83. The lowest BCUT2D eigenvalue weighted by Crippen LogP contribution is -2.47. The highest BCUT2D eigenvalue weighted by atomic mass is 32.2. The van der Waals surface area contributed by atoms with Gasteiger partial charge in [-0.15, -0.1) is 0 Å². The fourth-order valence-corrected chi connectivity index (χ4v) is 4.51. The highest BCUT2D eigenvalue weighted by Crippen LogP contribution is 2.20. The molecule has 1 N–H and O–H groups in total. The third kappa shape index (κ3) is 6.82. The van der Waals surface area contributed by atoms with Crippen molar-refractivity contribution in [1.29, 1.82) is 0 Å². The van der Waals surface area contributed by atoms with Gasteiger partial charge in [-0.25, -0.2) is 8.42 Å². The van der Waals surface area contributed by atoms with Gasteiger partial charge in [0.15, 0.2) is 0 Å². The van der Waals surface area contributed by atoms with Crippen LogP contribution >= 0.6 is 0 Å². The van der Waals surface area contributed by atoms with Gasteiger partial charge < -0.3 is 10.2 Å². The molecule has 0 aromatic heterocycles. The van der Waals surface area contributed by atoms with Crippen molar-refractivity contribution in [3.05, 3.63) is 65.2 Å². The summed E-state index contributed by atoms with van der Waals surface area (Å²) in [5.41, 5.74) is 3.54. The van der Waals surface area contributed by atoms with E-state index in [9.17, 15) is 18.0 Å². The van der Waals surface area contributed by atoms with Crippen LogP contribution in [0.25, 0.3) is 0 Å². The number of sulfonamides is 1. The third-order valence-electron chi connectivity index (χ3n) is 5.46. The van der Waals surface area contributed by atoms with Crippen LogP contribution < -0.4 is 9.62 Å². The molecule has 0 fully saturated rings. The van der Waals surface area contributed by atoms with Gasteiger partial charge in [0.25, 0.3) is 0 Å². The molecule has 0 spiro atoms. The van der Waals surface area contributed by atoms with Gasteiger partial charge in [-0.05, 0) is 56.0 Å². The van der Waals surface area contributed by atoms with Crippen LogP contribution in [0.5, 0.6) is 0 Å². The van der Waals surface area contributed by atoms with E-state index in [1.807, 2.05) is 50.2 Å². The number of carbonyl (C=O) groups excluding carboxylic acids is 2. The average Bonchev–Trinajstić information content (AvgIpc) is 2.74. The van der Waals surface area contributed by atoms with Crippen molar-refractivity contribution in [2.75, 3.05) is 24.2 Å². The Morgan fingerprint density at radius 1 is 1.06 bits per heavy atom. The highest BCUT2D eigenvalue weighted by Gasteiger charge is 2.26. The molecule has 174 valence electrons. The van der Waals surface area contributed by atoms with E-state index in [1.165, 1.54) is 4.31 Å². The Morgan fingerprint density at radius 3 is 2.34 bits per heavy atom. The Morgan fingerprint density at radius 2 is 1.75 bits per heavy atom. The molecule has 1 unspecified atom stereocenters. The van der Waals surface area contributed by atoms with Crippen LogP contribution in [0.4, 0.5) is 5.69 Å². The summed E-state index contributed by atoms with van der Waals surface area (Å²) >= 11 is 0. The van der Waals surface area contributed by atoms with Gasteiger partial charge in [-0.3, -0.25) is 13.9 Å². The molecule has 0 saturated heterocycles. The van der Waals surface area contributed by atoms with Crippen molar-refractivity contribution in [3.63, 3.8) is 0 Å². The molecule has 0 aliphatic heterocycles. The first kappa shape index (κ1) is 25.4. The van der Waals surface area contributed by atoms with Crippen molar-refractivity contribution < 1.29 is 18.0 Å². The summed E-state index contributed by atoms with van der Waals surface area (Å²) in [4.78, 5) is 26.9. The largest absolute Gasteiger partial charge is 0.357 e. The summed E-state index contributed by atoms with van der Waals surface area (Å²) in [6.45, 7) is 6.06. The van der Waals surface area contributed by atoms with E-state index in [2.05, 4.69) is 5.32 Å². The molecule has 7 nitrogen and oxygen atoms in total. The Labute approximate surface area is 191 Å². The van der Waals surface area contributed by atoms with Crippen LogP contribution in [-0.2, 0) is 26.2 Å². The van der Waals surface area contributed by atoms with Gasteiger partial charge in [-0.2, -0.15) is 0 Å². The Bertz CT molecular complexity index is 1050. The fraction of sp³-hybridized carbons (Fsp3) is 0.417. The van der Waals surface area contributed by atoms with Gasteiger partial charge in [0.05, 0.1) is 11.9 Å². The molecule has 1 atom stereocenters. The number of anilines is 1. The van der Waals surface area contributed by atoms with Gasteiger partial charge in [0.2, 0.25) is 21.8 Å². The van der Waals surface area contributed by atoms with Crippen molar-refractivity contribution in [2.45, 2.75) is 46.2 Å². The summed E-state index contributed by atoms with van der Waals surface area (Å²) in [6.07, 6.45) is 1.63. The number of rotatable bonds is 10. The van der Waals surface area contributed by atoms with Crippen LogP contribution in [0.1, 0.15) is 36.5 Å². The molecular formula is C24H33N3O4S. The van der Waals surface area contributed by atoms with Crippen LogP contribution in [0.2, 0.25) is 0 Å². The number of carbonyl (C=O) groups is 2. The minimum atomic E-state index is -3.50. The lowest BCUT2D eigenvalue weighted by atomic mass is 10.1. The second-order valence-corrected chi connectivity index (χ2v) is 9.92. The normalized spacial score (nSPS) is 12.2. The van der Waals surface area contributed by atoms with Crippen LogP contribution in [-0.4, -0.2) is 51.0 Å². The van der Waals surface area contributed by atoms with Crippen molar-refractivity contribution >= 4 is 27.5 Å². The Balaban J connectivity index is 2.15. The summed E-state index contributed by atoms with van der Waals surface area (Å²) in [5, 5.41) is 2.60. The second kappa shape index (κ2) is 11.1. The molecule has 0 radical (unpaired) electrons. The topological polar surface area (TPSA) is 86.8 Å². The predicted octanol–water partition coefficient (Wildman–Crippen LogP) is 3.01. The van der Waals surface area contributed by atoms with E-state index in [0.29, 0.717) is 18.7 Å². The van der Waals surface area contributed by atoms with Crippen molar-refractivity contribution in [3.8, 4) is 0 Å². The van der Waals surface area contributed by atoms with Crippen molar-refractivity contribution in [1.82, 2.24) is 10.2 Å².